The quantitative estimate of drug-likeness (QED) is 0.193. The summed E-state index contributed by atoms with van der Waals surface area (Å²) in [7, 11) is 0. The number of carboxylic acid groups (broad SMARTS) is 2. The van der Waals surface area contributed by atoms with Crippen LogP contribution in [0.5, 0.6) is 0 Å². The van der Waals surface area contributed by atoms with Crippen molar-refractivity contribution in [2.75, 3.05) is 0 Å². The first-order valence-corrected chi connectivity index (χ1v) is 0.943. The molecule has 0 aromatic carbocycles. The van der Waals surface area contributed by atoms with E-state index in [1.165, 1.54) is 0 Å². The summed E-state index contributed by atoms with van der Waals surface area (Å²) in [6, 6.07) is 0. The van der Waals surface area contributed by atoms with E-state index in [0.717, 1.165) is 0 Å². The molecule has 0 bridgehead atoms. The summed E-state index contributed by atoms with van der Waals surface area (Å²) in [5.74, 6) is 0. The minimum atomic E-state index is -0.500. The molecule has 0 unspecified atom stereocenters. The van der Waals surface area contributed by atoms with Gasteiger partial charge in [0.05, 0.1) is 0 Å². The second kappa shape index (κ2) is 34.6. The molecular weight excluding hydrogens is 130 g/mol. The Hall–Kier alpha value is 0.200. The largest absolute Gasteiger partial charge is 2.00 e. The molecule has 7 heavy (non-hydrogen) atoms. The first-order valence-electron chi connectivity index (χ1n) is 0.943. The van der Waals surface area contributed by atoms with E-state index in [1.807, 2.05) is 0 Å². The minimum absolute atomic E-state index is 0. The van der Waals surface area contributed by atoms with Crippen molar-refractivity contribution in [2.24, 2.45) is 0 Å². The van der Waals surface area contributed by atoms with Crippen LogP contribution in [0.3, 0.4) is 0 Å². The van der Waals surface area contributed by atoms with Gasteiger partial charge in [0.1, 0.15) is 0 Å². The molecule has 4 nitrogen and oxygen atoms in total. The van der Waals surface area contributed by atoms with E-state index in [2.05, 4.69) is 0 Å². The molecule has 0 aromatic rings. The molecule has 0 rings (SSSR count). The van der Waals surface area contributed by atoms with Gasteiger partial charge in [0.15, 0.2) is 0 Å². The maximum absolute atomic E-state index is 8.25. The molecule has 5 heteroatoms. The Balaban J connectivity index is -0.0000000400. The first kappa shape index (κ1) is 15.7. The molecule has 0 amide bonds. The molecule has 0 aliphatic carbocycles. The second-order valence-electron chi connectivity index (χ2n) is 0.192. The molecule has 0 aliphatic heterocycles. The van der Waals surface area contributed by atoms with E-state index in [9.17, 15) is 0 Å². The van der Waals surface area contributed by atoms with Crippen molar-refractivity contribution in [3.8, 4) is 0 Å². The molecule has 36 valence electrons. The maximum atomic E-state index is 8.25. The van der Waals surface area contributed by atoms with Crippen molar-refractivity contribution in [2.45, 2.75) is 0 Å². The normalized spacial score (nSPS) is 3.43. The minimum Gasteiger partial charge on any atom is -0.554 e. The van der Waals surface area contributed by atoms with Crippen molar-refractivity contribution in [1.82, 2.24) is 0 Å². The van der Waals surface area contributed by atoms with Gasteiger partial charge < -0.3 is 19.8 Å². The van der Waals surface area contributed by atoms with Crippen LogP contribution in [-0.4, -0.2) is 50.7 Å². The third-order valence-electron chi connectivity index (χ3n) is 0. The third kappa shape index (κ3) is 2740. The number of carbonyl (C=O) groups is 2. The Kier molecular flexibility index (Phi) is 77.6. The fourth-order valence-corrected chi connectivity index (χ4v) is 0. The van der Waals surface area contributed by atoms with Crippen LogP contribution in [0.2, 0.25) is 0 Å². The summed E-state index contributed by atoms with van der Waals surface area (Å²) in [4.78, 5) is 16.5. The molecule has 0 radical (unpaired) electrons. The zero-order valence-corrected chi connectivity index (χ0v) is 5.70. The Morgan fingerprint density at radius 2 is 1.00 bits per heavy atom. The van der Waals surface area contributed by atoms with E-state index >= 15 is 0 Å². The van der Waals surface area contributed by atoms with Gasteiger partial charge in [0.25, 0.3) is 0 Å². The molecule has 0 spiro atoms. The Labute approximate surface area is 70.1 Å². The number of carbonyl (C=O) groups excluding carboxylic acids is 2. The van der Waals surface area contributed by atoms with Crippen LogP contribution >= 0.6 is 0 Å². The standard InChI is InChI=1S/2CH2O2.Ca/c2*2-1-3;/h2*1H,(H,2,3);/q;;+2/p-2/i2*1+1;. The molecule has 0 aliphatic rings. The summed E-state index contributed by atoms with van der Waals surface area (Å²) < 4.78 is 0. The summed E-state index contributed by atoms with van der Waals surface area (Å²) in [5, 5.41) is 16.5. The van der Waals surface area contributed by atoms with E-state index < -0.39 is 12.9 Å². The molecule has 0 saturated carbocycles. The monoisotopic (exact) mass is 132 g/mol. The van der Waals surface area contributed by atoms with Crippen LogP contribution in [-0.2, 0) is 9.59 Å². The van der Waals surface area contributed by atoms with E-state index in [-0.39, 0.29) is 37.7 Å². The number of hydrogen-bond donors (Lipinski definition) is 0. The SMILES string of the molecule is O=[13CH][O-].O=[13CH][O-].[Ca+2]. The summed E-state index contributed by atoms with van der Waals surface area (Å²) in [5.41, 5.74) is 0. The number of hydrogen-bond acceptors (Lipinski definition) is 4. The van der Waals surface area contributed by atoms with Gasteiger partial charge in [-0.3, -0.25) is 0 Å². The zero-order valence-electron chi connectivity index (χ0n) is 3.49. The van der Waals surface area contributed by atoms with Gasteiger partial charge >= 0.3 is 37.7 Å². The van der Waals surface area contributed by atoms with Crippen molar-refractivity contribution >= 4 is 50.7 Å². The predicted molar refractivity (Wildman–Crippen MR) is 17.9 cm³/mol. The molecule has 0 aromatic heterocycles. The summed E-state index contributed by atoms with van der Waals surface area (Å²) >= 11 is 0. The Morgan fingerprint density at radius 1 is 1.00 bits per heavy atom. The van der Waals surface area contributed by atoms with Crippen molar-refractivity contribution in [3.63, 3.8) is 0 Å². The molecule has 0 heterocycles. The van der Waals surface area contributed by atoms with Gasteiger partial charge in [-0.15, -0.1) is 0 Å². The smallest absolute Gasteiger partial charge is 0.554 e. The number of rotatable bonds is 0. The zero-order chi connectivity index (χ0) is 5.41. The third-order valence-corrected chi connectivity index (χ3v) is 0. The Bertz CT molecular complexity index is 30.7. The van der Waals surface area contributed by atoms with Crippen molar-refractivity contribution < 1.29 is 19.8 Å². The van der Waals surface area contributed by atoms with Gasteiger partial charge in [0.2, 0.25) is 0 Å². The van der Waals surface area contributed by atoms with E-state index in [0.29, 0.717) is 0 Å². The van der Waals surface area contributed by atoms with Gasteiger partial charge in [-0.1, -0.05) is 0 Å². The van der Waals surface area contributed by atoms with Crippen molar-refractivity contribution in [3.05, 3.63) is 0 Å². The molecule has 0 fully saturated rings. The molecular formula is C2H2CaO4. The van der Waals surface area contributed by atoms with Crippen molar-refractivity contribution in [1.29, 1.82) is 0 Å². The predicted octanol–water partition coefficient (Wildman–Crippen LogP) is -3.65. The van der Waals surface area contributed by atoms with Crippen LogP contribution in [0, 0.1) is 0 Å². The fourth-order valence-electron chi connectivity index (χ4n) is 0. The van der Waals surface area contributed by atoms with Crippen LogP contribution in [0.15, 0.2) is 0 Å². The van der Waals surface area contributed by atoms with Gasteiger partial charge in [-0.25, -0.2) is 0 Å². The van der Waals surface area contributed by atoms with E-state index in [1.54, 1.807) is 0 Å². The van der Waals surface area contributed by atoms with Crippen LogP contribution in [0.1, 0.15) is 0 Å². The van der Waals surface area contributed by atoms with Crippen LogP contribution < -0.4 is 10.2 Å². The molecule has 0 atom stereocenters. The van der Waals surface area contributed by atoms with Crippen LogP contribution in [0.4, 0.5) is 0 Å². The van der Waals surface area contributed by atoms with Gasteiger partial charge in [-0.05, 0) is 0 Å². The molecule has 0 N–H and O–H groups in total. The summed E-state index contributed by atoms with van der Waals surface area (Å²) in [6.07, 6.45) is 0. The van der Waals surface area contributed by atoms with Gasteiger partial charge in [0, 0.05) is 12.9 Å². The average Bonchev–Trinajstić information content (AvgIpc) is 1.39. The first-order chi connectivity index (χ1) is 2.83. The topological polar surface area (TPSA) is 80.3 Å². The maximum Gasteiger partial charge on any atom is 2.00 e. The average molecular weight is 132 g/mol. The van der Waals surface area contributed by atoms with Gasteiger partial charge in [-0.2, -0.15) is 0 Å². The Morgan fingerprint density at radius 3 is 1.00 bits per heavy atom. The summed E-state index contributed by atoms with van der Waals surface area (Å²) in [6.45, 7) is -1.00. The van der Waals surface area contributed by atoms with E-state index in [4.69, 9.17) is 19.8 Å². The van der Waals surface area contributed by atoms with Crippen LogP contribution in [0.25, 0.3) is 0 Å². The molecule has 0 saturated heterocycles. The second-order valence-corrected chi connectivity index (χ2v) is 0.192. The fraction of sp³-hybridized carbons (Fsp3) is 0.